The molecule has 3 aromatic rings. The van der Waals surface area contributed by atoms with E-state index in [4.69, 9.17) is 27.6 Å². The van der Waals surface area contributed by atoms with Crippen LogP contribution in [0.15, 0.2) is 40.8 Å². The highest BCUT2D eigenvalue weighted by atomic mass is 35.5. The summed E-state index contributed by atoms with van der Waals surface area (Å²) < 4.78 is 5.85. The van der Waals surface area contributed by atoms with Gasteiger partial charge in [0.1, 0.15) is 5.52 Å². The molecule has 0 bridgehead atoms. The fraction of sp³-hybridized carbons (Fsp3) is 0.211. The number of benzene rings is 2. The highest BCUT2D eigenvalue weighted by Crippen LogP contribution is 2.35. The van der Waals surface area contributed by atoms with Crippen LogP contribution in [0.1, 0.15) is 12.0 Å². The maximum Gasteiger partial charge on any atom is 0.227 e. The summed E-state index contributed by atoms with van der Waals surface area (Å²) in [6.07, 6.45) is 0.132. The Kier molecular flexibility index (Phi) is 4.21. The monoisotopic (exact) mass is 388 g/mol. The van der Waals surface area contributed by atoms with Crippen molar-refractivity contribution in [2.75, 3.05) is 11.4 Å². The highest BCUT2D eigenvalue weighted by molar-refractivity contribution is 6.64. The van der Waals surface area contributed by atoms with Gasteiger partial charge in [-0.15, -0.1) is 0 Å². The van der Waals surface area contributed by atoms with Gasteiger partial charge in [0.15, 0.2) is 5.58 Å². The Hall–Kier alpha value is -2.37. The molecule has 1 aliphatic heterocycles. The van der Waals surface area contributed by atoms with Crippen molar-refractivity contribution >= 4 is 51.1 Å². The number of fused-ring (bicyclic) bond motifs is 1. The topological polar surface area (TPSA) is 63.4 Å². The summed E-state index contributed by atoms with van der Waals surface area (Å²) in [6, 6.07) is 10.8. The SMILES string of the molecule is Cc1c(-c2nc3cc(Cl)ccc3o2)cccc1N1C[C@@H](C(=O)Cl)CC1=O. The molecule has 2 aromatic carbocycles. The molecule has 1 fully saturated rings. The summed E-state index contributed by atoms with van der Waals surface area (Å²) in [5.74, 6) is -0.134. The van der Waals surface area contributed by atoms with Crippen LogP contribution in [0.5, 0.6) is 0 Å². The molecule has 1 aromatic heterocycles. The van der Waals surface area contributed by atoms with E-state index in [2.05, 4.69) is 4.98 Å². The van der Waals surface area contributed by atoms with Gasteiger partial charge in [0, 0.05) is 29.2 Å². The predicted octanol–water partition coefficient (Wildman–Crippen LogP) is 4.57. The number of carbonyl (C=O) groups excluding carboxylic acids is 2. The number of hydrogen-bond acceptors (Lipinski definition) is 4. The Bertz CT molecular complexity index is 1040. The fourth-order valence-electron chi connectivity index (χ4n) is 3.26. The van der Waals surface area contributed by atoms with Gasteiger partial charge >= 0.3 is 0 Å². The zero-order chi connectivity index (χ0) is 18.4. The summed E-state index contributed by atoms with van der Waals surface area (Å²) in [6.45, 7) is 2.18. The molecule has 0 spiro atoms. The largest absolute Gasteiger partial charge is 0.436 e. The molecule has 4 rings (SSSR count). The molecule has 1 atom stereocenters. The minimum absolute atomic E-state index is 0.117. The van der Waals surface area contributed by atoms with Crippen molar-refractivity contribution in [1.82, 2.24) is 4.98 Å². The van der Waals surface area contributed by atoms with Gasteiger partial charge in [0.05, 0.1) is 5.92 Å². The van der Waals surface area contributed by atoms with E-state index in [0.717, 1.165) is 16.8 Å². The first-order valence-electron chi connectivity index (χ1n) is 8.10. The summed E-state index contributed by atoms with van der Waals surface area (Å²) >= 11 is 11.6. The molecule has 0 aliphatic carbocycles. The van der Waals surface area contributed by atoms with Crippen LogP contribution in [0, 0.1) is 12.8 Å². The van der Waals surface area contributed by atoms with Crippen LogP contribution in [0.4, 0.5) is 5.69 Å². The summed E-state index contributed by atoms with van der Waals surface area (Å²) in [5.41, 5.74) is 3.67. The lowest BCUT2D eigenvalue weighted by Gasteiger charge is -2.20. The first-order valence-corrected chi connectivity index (χ1v) is 8.85. The van der Waals surface area contributed by atoms with Crippen LogP contribution in [-0.4, -0.2) is 22.7 Å². The van der Waals surface area contributed by atoms with Crippen molar-refractivity contribution in [3.05, 3.63) is 47.0 Å². The zero-order valence-corrected chi connectivity index (χ0v) is 15.3. The van der Waals surface area contributed by atoms with E-state index in [1.165, 1.54) is 0 Å². The number of carbonyl (C=O) groups is 2. The average molecular weight is 389 g/mol. The Balaban J connectivity index is 1.76. The number of rotatable bonds is 3. The van der Waals surface area contributed by atoms with Gasteiger partial charge in [-0.3, -0.25) is 9.59 Å². The van der Waals surface area contributed by atoms with Gasteiger partial charge < -0.3 is 9.32 Å². The maximum atomic E-state index is 12.3. The molecular weight excluding hydrogens is 375 g/mol. The lowest BCUT2D eigenvalue weighted by atomic mass is 10.1. The van der Waals surface area contributed by atoms with Crippen LogP contribution in [0.3, 0.4) is 0 Å². The number of nitrogens with zero attached hydrogens (tertiary/aromatic N) is 2. The summed E-state index contributed by atoms with van der Waals surface area (Å²) in [7, 11) is 0. The maximum absolute atomic E-state index is 12.3. The van der Waals surface area contributed by atoms with Crippen LogP contribution < -0.4 is 4.90 Å². The van der Waals surface area contributed by atoms with Crippen molar-refractivity contribution < 1.29 is 14.0 Å². The van der Waals surface area contributed by atoms with Crippen molar-refractivity contribution in [3.63, 3.8) is 0 Å². The van der Waals surface area contributed by atoms with E-state index in [9.17, 15) is 9.59 Å². The molecule has 0 N–H and O–H groups in total. The van der Waals surface area contributed by atoms with Crippen molar-refractivity contribution in [1.29, 1.82) is 0 Å². The fourth-order valence-corrected chi connectivity index (χ4v) is 3.57. The lowest BCUT2D eigenvalue weighted by Crippen LogP contribution is -2.26. The third-order valence-corrected chi connectivity index (χ3v) is 5.17. The third kappa shape index (κ3) is 2.87. The predicted molar refractivity (Wildman–Crippen MR) is 101 cm³/mol. The molecular formula is C19H14Cl2N2O3. The summed E-state index contributed by atoms with van der Waals surface area (Å²) in [5, 5.41) is 0.104. The molecule has 1 amide bonds. The Morgan fingerprint density at radius 2 is 2.12 bits per heavy atom. The Morgan fingerprint density at radius 1 is 1.31 bits per heavy atom. The number of aromatic nitrogens is 1. The molecule has 0 radical (unpaired) electrons. The second kappa shape index (κ2) is 6.41. The quantitative estimate of drug-likeness (QED) is 0.616. The average Bonchev–Trinajstić information content (AvgIpc) is 3.18. The van der Waals surface area contributed by atoms with Gasteiger partial charge in [0.2, 0.25) is 17.0 Å². The molecule has 5 nitrogen and oxygen atoms in total. The zero-order valence-electron chi connectivity index (χ0n) is 13.8. The first-order chi connectivity index (χ1) is 12.4. The highest BCUT2D eigenvalue weighted by Gasteiger charge is 2.35. The Labute approximate surface area is 159 Å². The second-order valence-electron chi connectivity index (χ2n) is 6.29. The van der Waals surface area contributed by atoms with Gasteiger partial charge in [-0.05, 0) is 54.4 Å². The standard InChI is InChI=1S/C19H14Cl2N2O3/c1-10-13(19-22-14-8-12(20)5-6-16(14)26-19)3-2-4-15(10)23-9-11(18(21)25)7-17(23)24/h2-6,8,11H,7,9H2,1H3/t11-/m0/s1. The van der Waals surface area contributed by atoms with Gasteiger partial charge in [-0.1, -0.05) is 17.7 Å². The number of anilines is 1. The molecule has 132 valence electrons. The number of halogens is 2. The van der Waals surface area contributed by atoms with E-state index in [-0.39, 0.29) is 18.9 Å². The van der Waals surface area contributed by atoms with Gasteiger partial charge in [0.25, 0.3) is 0 Å². The van der Waals surface area contributed by atoms with Crippen LogP contribution in [-0.2, 0) is 9.59 Å². The number of hydrogen-bond donors (Lipinski definition) is 0. The van der Waals surface area contributed by atoms with Crippen LogP contribution in [0.2, 0.25) is 5.02 Å². The number of oxazole rings is 1. The van der Waals surface area contributed by atoms with Crippen LogP contribution >= 0.6 is 23.2 Å². The van der Waals surface area contributed by atoms with E-state index >= 15 is 0 Å². The molecule has 7 heteroatoms. The van der Waals surface area contributed by atoms with E-state index in [1.807, 2.05) is 25.1 Å². The van der Waals surface area contributed by atoms with Crippen molar-refractivity contribution in [3.8, 4) is 11.5 Å². The van der Waals surface area contributed by atoms with Crippen LogP contribution in [0.25, 0.3) is 22.6 Å². The number of amides is 1. The van der Waals surface area contributed by atoms with Crippen molar-refractivity contribution in [2.45, 2.75) is 13.3 Å². The lowest BCUT2D eigenvalue weighted by molar-refractivity contribution is -0.120. The second-order valence-corrected chi connectivity index (χ2v) is 7.10. The van der Waals surface area contributed by atoms with Gasteiger partial charge in [-0.2, -0.15) is 0 Å². The Morgan fingerprint density at radius 3 is 2.85 bits per heavy atom. The van der Waals surface area contributed by atoms with Gasteiger partial charge in [-0.25, -0.2) is 4.98 Å². The first kappa shape index (κ1) is 17.1. The molecule has 0 unspecified atom stereocenters. The molecule has 1 saturated heterocycles. The minimum atomic E-state index is -0.481. The smallest absolute Gasteiger partial charge is 0.227 e. The third-order valence-electron chi connectivity index (χ3n) is 4.62. The normalized spacial score (nSPS) is 17.3. The minimum Gasteiger partial charge on any atom is -0.436 e. The molecule has 0 saturated carbocycles. The van der Waals surface area contributed by atoms with E-state index in [1.54, 1.807) is 23.1 Å². The van der Waals surface area contributed by atoms with E-state index in [0.29, 0.717) is 22.0 Å². The van der Waals surface area contributed by atoms with Crippen molar-refractivity contribution in [2.24, 2.45) is 5.92 Å². The summed E-state index contributed by atoms with van der Waals surface area (Å²) in [4.78, 5) is 29.9. The van der Waals surface area contributed by atoms with E-state index < -0.39 is 11.2 Å². The molecule has 2 heterocycles. The molecule has 1 aliphatic rings. The molecule has 26 heavy (non-hydrogen) atoms.